The molecule has 0 N–H and O–H groups in total. The van der Waals surface area contributed by atoms with Crippen LogP contribution in [0.2, 0.25) is 0 Å². The minimum Gasteiger partial charge on any atom is -0.489 e. The molecule has 1 heterocycles. The van der Waals surface area contributed by atoms with Gasteiger partial charge in [-0.15, -0.1) is 11.6 Å². The quantitative estimate of drug-likeness (QED) is 0.652. The standard InChI is InChI=1S/C17H13ClFNO/c18-10-13-7-15(19)9-16(8-13)21-11-12-3-4-17-14(6-12)2-1-5-20-17/h1-9H,10-11H2. The molecule has 0 saturated carbocycles. The van der Waals surface area contributed by atoms with E-state index in [1.807, 2.05) is 30.3 Å². The summed E-state index contributed by atoms with van der Waals surface area (Å²) in [5.74, 6) is 0.401. The van der Waals surface area contributed by atoms with E-state index < -0.39 is 0 Å². The van der Waals surface area contributed by atoms with Gasteiger partial charge in [0.25, 0.3) is 0 Å². The Hall–Kier alpha value is -2.13. The van der Waals surface area contributed by atoms with Gasteiger partial charge in [0, 0.05) is 23.5 Å². The summed E-state index contributed by atoms with van der Waals surface area (Å²) >= 11 is 5.72. The molecule has 21 heavy (non-hydrogen) atoms. The van der Waals surface area contributed by atoms with E-state index in [1.165, 1.54) is 12.1 Å². The van der Waals surface area contributed by atoms with Gasteiger partial charge >= 0.3 is 0 Å². The molecule has 0 bridgehead atoms. The summed E-state index contributed by atoms with van der Waals surface area (Å²) in [7, 11) is 0. The maximum absolute atomic E-state index is 13.4. The maximum atomic E-state index is 13.4. The van der Waals surface area contributed by atoms with Gasteiger partial charge in [0.05, 0.1) is 5.52 Å². The lowest BCUT2D eigenvalue weighted by Gasteiger charge is -2.08. The zero-order valence-corrected chi connectivity index (χ0v) is 12.0. The smallest absolute Gasteiger partial charge is 0.127 e. The van der Waals surface area contributed by atoms with Crippen LogP contribution in [0.1, 0.15) is 11.1 Å². The Kier molecular flexibility index (Phi) is 4.02. The third-order valence-electron chi connectivity index (χ3n) is 3.16. The first-order chi connectivity index (χ1) is 10.2. The molecule has 0 fully saturated rings. The molecule has 0 radical (unpaired) electrons. The summed E-state index contributed by atoms with van der Waals surface area (Å²) in [6.45, 7) is 0.371. The lowest BCUT2D eigenvalue weighted by molar-refractivity contribution is 0.304. The minimum absolute atomic E-state index is 0.260. The van der Waals surface area contributed by atoms with E-state index in [0.29, 0.717) is 17.9 Å². The Bertz CT molecular complexity index is 776. The molecule has 0 atom stereocenters. The van der Waals surface area contributed by atoms with Crippen molar-refractivity contribution < 1.29 is 9.13 Å². The summed E-state index contributed by atoms with van der Waals surface area (Å²) < 4.78 is 19.0. The number of rotatable bonds is 4. The van der Waals surface area contributed by atoms with Crippen LogP contribution in [0.5, 0.6) is 5.75 Å². The summed E-state index contributed by atoms with van der Waals surface area (Å²) in [5, 5.41) is 1.05. The predicted octanol–water partition coefficient (Wildman–Crippen LogP) is 4.69. The molecule has 4 heteroatoms. The molecule has 3 rings (SSSR count). The first-order valence-corrected chi connectivity index (χ1v) is 7.10. The van der Waals surface area contributed by atoms with Crippen LogP contribution in [-0.2, 0) is 12.5 Å². The van der Waals surface area contributed by atoms with Crippen LogP contribution in [0, 0.1) is 5.82 Å². The monoisotopic (exact) mass is 301 g/mol. The van der Waals surface area contributed by atoms with Crippen molar-refractivity contribution >= 4 is 22.5 Å². The number of ether oxygens (including phenoxy) is 1. The molecule has 2 nitrogen and oxygen atoms in total. The molecular formula is C17H13ClFNO. The highest BCUT2D eigenvalue weighted by Crippen LogP contribution is 2.20. The maximum Gasteiger partial charge on any atom is 0.127 e. The SMILES string of the molecule is Fc1cc(CCl)cc(OCc2ccc3ncccc3c2)c1. The van der Waals surface area contributed by atoms with Gasteiger partial charge in [-0.1, -0.05) is 12.1 Å². The van der Waals surface area contributed by atoms with Gasteiger partial charge in [0.15, 0.2) is 0 Å². The zero-order chi connectivity index (χ0) is 14.7. The first kappa shape index (κ1) is 13.8. The van der Waals surface area contributed by atoms with Gasteiger partial charge in [-0.2, -0.15) is 0 Å². The summed E-state index contributed by atoms with van der Waals surface area (Å²) in [5.41, 5.74) is 2.65. The predicted molar refractivity (Wildman–Crippen MR) is 82.0 cm³/mol. The van der Waals surface area contributed by atoms with E-state index in [9.17, 15) is 4.39 Å². The highest BCUT2D eigenvalue weighted by Gasteiger charge is 2.03. The molecule has 0 aliphatic heterocycles. The van der Waals surface area contributed by atoms with Gasteiger partial charge in [-0.25, -0.2) is 4.39 Å². The second-order valence-electron chi connectivity index (χ2n) is 4.75. The van der Waals surface area contributed by atoms with Crippen molar-refractivity contribution in [2.75, 3.05) is 0 Å². The fourth-order valence-corrected chi connectivity index (χ4v) is 2.32. The van der Waals surface area contributed by atoms with Gasteiger partial charge in [0.2, 0.25) is 0 Å². The van der Waals surface area contributed by atoms with E-state index in [0.717, 1.165) is 16.5 Å². The number of alkyl halides is 1. The fraction of sp³-hybridized carbons (Fsp3) is 0.118. The van der Waals surface area contributed by atoms with Crippen molar-refractivity contribution in [1.82, 2.24) is 4.98 Å². The molecule has 0 amide bonds. The van der Waals surface area contributed by atoms with E-state index in [2.05, 4.69) is 4.98 Å². The molecule has 0 spiro atoms. The van der Waals surface area contributed by atoms with Gasteiger partial charge in [-0.05, 0) is 41.5 Å². The Labute approximate surface area is 127 Å². The normalized spacial score (nSPS) is 10.8. The highest BCUT2D eigenvalue weighted by atomic mass is 35.5. The highest BCUT2D eigenvalue weighted by molar-refractivity contribution is 6.17. The molecule has 106 valence electrons. The number of hydrogen-bond acceptors (Lipinski definition) is 2. The van der Waals surface area contributed by atoms with Crippen LogP contribution >= 0.6 is 11.6 Å². The van der Waals surface area contributed by atoms with Gasteiger partial charge in [-0.3, -0.25) is 4.98 Å². The largest absolute Gasteiger partial charge is 0.489 e. The lowest BCUT2D eigenvalue weighted by atomic mass is 10.1. The zero-order valence-electron chi connectivity index (χ0n) is 11.2. The molecule has 0 aliphatic rings. The average molecular weight is 302 g/mol. The molecule has 3 aromatic rings. The summed E-state index contributed by atoms with van der Waals surface area (Å²) in [4.78, 5) is 4.27. The van der Waals surface area contributed by atoms with Crippen molar-refractivity contribution in [3.05, 3.63) is 71.7 Å². The van der Waals surface area contributed by atoms with E-state index in [-0.39, 0.29) is 11.7 Å². The van der Waals surface area contributed by atoms with Crippen molar-refractivity contribution in [3.63, 3.8) is 0 Å². The molecule has 1 aromatic heterocycles. The van der Waals surface area contributed by atoms with Crippen LogP contribution in [0.15, 0.2) is 54.7 Å². The molecule has 0 saturated heterocycles. The Balaban J connectivity index is 1.78. The molecular weight excluding hydrogens is 289 g/mol. The van der Waals surface area contributed by atoms with E-state index >= 15 is 0 Å². The number of aromatic nitrogens is 1. The topological polar surface area (TPSA) is 22.1 Å². The Morgan fingerprint density at radius 3 is 2.81 bits per heavy atom. The first-order valence-electron chi connectivity index (χ1n) is 6.56. The second-order valence-corrected chi connectivity index (χ2v) is 5.02. The van der Waals surface area contributed by atoms with Gasteiger partial charge in [0.1, 0.15) is 18.2 Å². The second kappa shape index (κ2) is 6.10. The van der Waals surface area contributed by atoms with Crippen LogP contribution in [-0.4, -0.2) is 4.98 Å². The average Bonchev–Trinajstić information content (AvgIpc) is 2.52. The molecule has 0 unspecified atom stereocenters. The Morgan fingerprint density at radius 1 is 1.05 bits per heavy atom. The summed E-state index contributed by atoms with van der Waals surface area (Å²) in [6.07, 6.45) is 1.76. The third-order valence-corrected chi connectivity index (χ3v) is 3.47. The van der Waals surface area contributed by atoms with Crippen LogP contribution < -0.4 is 4.74 Å². The minimum atomic E-state index is -0.342. The van der Waals surface area contributed by atoms with Crippen LogP contribution in [0.4, 0.5) is 4.39 Å². The fourth-order valence-electron chi connectivity index (χ4n) is 2.16. The number of pyridine rings is 1. The van der Waals surface area contributed by atoms with Crippen molar-refractivity contribution in [2.24, 2.45) is 0 Å². The van der Waals surface area contributed by atoms with Crippen LogP contribution in [0.25, 0.3) is 10.9 Å². The number of fused-ring (bicyclic) bond motifs is 1. The van der Waals surface area contributed by atoms with Crippen molar-refractivity contribution in [3.8, 4) is 5.75 Å². The van der Waals surface area contributed by atoms with E-state index in [4.69, 9.17) is 16.3 Å². The molecule has 2 aromatic carbocycles. The Morgan fingerprint density at radius 2 is 1.95 bits per heavy atom. The van der Waals surface area contributed by atoms with Crippen molar-refractivity contribution in [1.29, 1.82) is 0 Å². The number of hydrogen-bond donors (Lipinski definition) is 0. The van der Waals surface area contributed by atoms with Crippen molar-refractivity contribution in [2.45, 2.75) is 12.5 Å². The number of nitrogens with zero attached hydrogens (tertiary/aromatic N) is 1. The van der Waals surface area contributed by atoms with E-state index in [1.54, 1.807) is 12.3 Å². The lowest BCUT2D eigenvalue weighted by Crippen LogP contribution is -1.97. The summed E-state index contributed by atoms with van der Waals surface area (Å²) in [6, 6.07) is 14.3. The van der Waals surface area contributed by atoms with Crippen LogP contribution in [0.3, 0.4) is 0 Å². The molecule has 0 aliphatic carbocycles. The number of benzene rings is 2. The number of halogens is 2. The van der Waals surface area contributed by atoms with Gasteiger partial charge < -0.3 is 4.74 Å². The third kappa shape index (κ3) is 3.31.